The summed E-state index contributed by atoms with van der Waals surface area (Å²) in [6.45, 7) is 0. The zero-order valence-electron chi connectivity index (χ0n) is 9.85. The van der Waals surface area contributed by atoms with Crippen LogP contribution in [-0.4, -0.2) is 16.4 Å². The molecule has 0 amide bonds. The van der Waals surface area contributed by atoms with Gasteiger partial charge in [0.2, 0.25) is 5.13 Å². The van der Waals surface area contributed by atoms with Crippen LogP contribution in [0.5, 0.6) is 0 Å². The molecule has 2 N–H and O–H groups in total. The number of furan rings is 1. The van der Waals surface area contributed by atoms with Gasteiger partial charge >= 0.3 is 0 Å². The molecule has 2 aromatic heterocycles. The molecule has 0 aliphatic carbocycles. The summed E-state index contributed by atoms with van der Waals surface area (Å²) in [5.74, 6) is 0.713. The first kappa shape index (κ1) is 11.6. The van der Waals surface area contributed by atoms with Crippen LogP contribution in [0.3, 0.4) is 0 Å². The summed E-state index contributed by atoms with van der Waals surface area (Å²) in [5.41, 5.74) is 7.35. The van der Waals surface area contributed by atoms with Gasteiger partial charge in [-0.1, -0.05) is 23.5 Å². The van der Waals surface area contributed by atoms with Crippen LogP contribution in [0.25, 0.3) is 10.6 Å². The molecule has 94 valence electrons. The van der Waals surface area contributed by atoms with Gasteiger partial charge in [0.05, 0.1) is 18.2 Å². The van der Waals surface area contributed by atoms with E-state index in [0.29, 0.717) is 10.9 Å². The predicted molar refractivity (Wildman–Crippen MR) is 75.7 cm³/mol. The fraction of sp³-hybridized carbons (Fsp3) is 0. The first-order valence-corrected chi connectivity index (χ1v) is 6.40. The molecule has 0 radical (unpaired) electrons. The van der Waals surface area contributed by atoms with E-state index in [4.69, 9.17) is 10.2 Å². The average Bonchev–Trinajstić information content (AvgIpc) is 3.08. The van der Waals surface area contributed by atoms with Crippen molar-refractivity contribution in [3.63, 3.8) is 0 Å². The summed E-state index contributed by atoms with van der Waals surface area (Å²) >= 11 is 1.35. The molecule has 3 aromatic rings. The Balaban J connectivity index is 1.88. The van der Waals surface area contributed by atoms with Crippen molar-refractivity contribution in [1.29, 1.82) is 0 Å². The molecular formula is C13H10N4OS. The molecule has 0 unspecified atom stereocenters. The lowest BCUT2D eigenvalue weighted by Gasteiger charge is -1.97. The number of nitrogens with zero attached hydrogens (tertiary/aromatic N) is 3. The van der Waals surface area contributed by atoms with Crippen LogP contribution in [0.4, 0.5) is 10.8 Å². The third-order valence-corrected chi connectivity index (χ3v) is 3.22. The van der Waals surface area contributed by atoms with E-state index in [1.807, 2.05) is 36.4 Å². The highest BCUT2D eigenvalue weighted by molar-refractivity contribution is 7.18. The second kappa shape index (κ2) is 5.03. The maximum atomic E-state index is 5.58. The van der Waals surface area contributed by atoms with Crippen molar-refractivity contribution in [3.05, 3.63) is 48.4 Å². The molecule has 0 saturated heterocycles. The minimum Gasteiger partial charge on any atom is -0.463 e. The fourth-order valence-electron chi connectivity index (χ4n) is 1.57. The van der Waals surface area contributed by atoms with Crippen LogP contribution in [0.1, 0.15) is 5.76 Å². The van der Waals surface area contributed by atoms with Crippen LogP contribution in [0.15, 0.2) is 52.1 Å². The SMILES string of the molecule is Nc1nnc(-c2cccc(N=Cc3ccco3)c2)s1. The number of nitrogen functional groups attached to an aromatic ring is 1. The Labute approximate surface area is 113 Å². The standard InChI is InChI=1S/C13H10N4OS/c14-13-17-16-12(19-13)9-3-1-4-10(7-9)15-8-11-5-2-6-18-11/h1-8H,(H2,14,17). The van der Waals surface area contributed by atoms with Crippen LogP contribution < -0.4 is 5.73 Å². The van der Waals surface area contributed by atoms with Crippen molar-refractivity contribution >= 4 is 28.4 Å². The monoisotopic (exact) mass is 270 g/mol. The smallest absolute Gasteiger partial charge is 0.203 e. The largest absolute Gasteiger partial charge is 0.463 e. The molecule has 6 heteroatoms. The molecule has 3 rings (SSSR count). The zero-order valence-corrected chi connectivity index (χ0v) is 10.7. The Hall–Kier alpha value is -2.47. The van der Waals surface area contributed by atoms with Crippen molar-refractivity contribution < 1.29 is 4.42 Å². The van der Waals surface area contributed by atoms with Gasteiger partial charge in [-0.15, -0.1) is 10.2 Å². The van der Waals surface area contributed by atoms with Gasteiger partial charge in [-0.3, -0.25) is 4.99 Å². The lowest BCUT2D eigenvalue weighted by molar-refractivity contribution is 0.560. The summed E-state index contributed by atoms with van der Waals surface area (Å²) in [7, 11) is 0. The third kappa shape index (κ3) is 2.69. The molecule has 1 aromatic carbocycles. The highest BCUT2D eigenvalue weighted by Crippen LogP contribution is 2.27. The number of nitrogens with two attached hydrogens (primary N) is 1. The van der Waals surface area contributed by atoms with Gasteiger partial charge in [-0.25, -0.2) is 0 Å². The van der Waals surface area contributed by atoms with E-state index in [1.165, 1.54) is 11.3 Å². The fourth-order valence-corrected chi connectivity index (χ4v) is 2.18. The number of aromatic nitrogens is 2. The zero-order chi connectivity index (χ0) is 13.1. The Morgan fingerprint density at radius 3 is 2.89 bits per heavy atom. The topological polar surface area (TPSA) is 77.3 Å². The van der Waals surface area contributed by atoms with Crippen molar-refractivity contribution in [2.24, 2.45) is 4.99 Å². The van der Waals surface area contributed by atoms with E-state index < -0.39 is 0 Å². The molecule has 0 atom stereocenters. The van der Waals surface area contributed by atoms with Gasteiger partial charge in [0, 0.05) is 5.56 Å². The molecule has 0 saturated carbocycles. The molecule has 5 nitrogen and oxygen atoms in total. The van der Waals surface area contributed by atoms with E-state index in [0.717, 1.165) is 16.3 Å². The van der Waals surface area contributed by atoms with Gasteiger partial charge in [-0.05, 0) is 24.3 Å². The Morgan fingerprint density at radius 2 is 2.16 bits per heavy atom. The molecule has 19 heavy (non-hydrogen) atoms. The number of hydrogen-bond donors (Lipinski definition) is 1. The lowest BCUT2D eigenvalue weighted by Crippen LogP contribution is -1.80. The molecule has 0 fully saturated rings. The van der Waals surface area contributed by atoms with Gasteiger partial charge in [-0.2, -0.15) is 0 Å². The molecular weight excluding hydrogens is 260 g/mol. The minimum atomic E-state index is 0.458. The quantitative estimate of drug-likeness (QED) is 0.742. The normalized spacial score (nSPS) is 11.2. The summed E-state index contributed by atoms with van der Waals surface area (Å²) in [6.07, 6.45) is 3.29. The Morgan fingerprint density at radius 1 is 1.21 bits per heavy atom. The van der Waals surface area contributed by atoms with Gasteiger partial charge < -0.3 is 10.2 Å². The van der Waals surface area contributed by atoms with E-state index in [1.54, 1.807) is 12.5 Å². The number of anilines is 1. The second-order valence-electron chi connectivity index (χ2n) is 3.77. The van der Waals surface area contributed by atoms with Gasteiger partial charge in [0.1, 0.15) is 10.8 Å². The minimum absolute atomic E-state index is 0.458. The first-order chi connectivity index (χ1) is 9.31. The molecule has 0 aliphatic rings. The van der Waals surface area contributed by atoms with Crippen molar-refractivity contribution in [1.82, 2.24) is 10.2 Å². The van der Waals surface area contributed by atoms with Crippen LogP contribution in [-0.2, 0) is 0 Å². The number of rotatable bonds is 3. The average molecular weight is 270 g/mol. The van der Waals surface area contributed by atoms with Gasteiger partial charge in [0.25, 0.3) is 0 Å². The predicted octanol–water partition coefficient (Wildman–Crippen LogP) is 3.13. The maximum absolute atomic E-state index is 5.58. The van der Waals surface area contributed by atoms with Crippen molar-refractivity contribution in [3.8, 4) is 10.6 Å². The second-order valence-corrected chi connectivity index (χ2v) is 4.78. The Bertz CT molecular complexity index is 703. The molecule has 0 bridgehead atoms. The number of hydrogen-bond acceptors (Lipinski definition) is 6. The molecule has 0 aliphatic heterocycles. The van der Waals surface area contributed by atoms with E-state index in [9.17, 15) is 0 Å². The Kier molecular flexibility index (Phi) is 3.07. The molecule has 0 spiro atoms. The summed E-state index contributed by atoms with van der Waals surface area (Å²) in [5, 5.41) is 9.06. The third-order valence-electron chi connectivity index (χ3n) is 2.42. The number of aliphatic imine (C=N–C) groups is 1. The van der Waals surface area contributed by atoms with Crippen molar-refractivity contribution in [2.75, 3.05) is 5.73 Å². The summed E-state index contributed by atoms with van der Waals surface area (Å²) in [4.78, 5) is 4.35. The highest BCUT2D eigenvalue weighted by Gasteiger charge is 2.04. The van der Waals surface area contributed by atoms with E-state index in [2.05, 4.69) is 15.2 Å². The van der Waals surface area contributed by atoms with Gasteiger partial charge in [0.15, 0.2) is 0 Å². The summed E-state index contributed by atoms with van der Waals surface area (Å²) < 4.78 is 5.19. The molecule has 2 heterocycles. The van der Waals surface area contributed by atoms with Crippen molar-refractivity contribution in [2.45, 2.75) is 0 Å². The van der Waals surface area contributed by atoms with Crippen LogP contribution in [0, 0.1) is 0 Å². The van der Waals surface area contributed by atoms with Crippen LogP contribution >= 0.6 is 11.3 Å². The maximum Gasteiger partial charge on any atom is 0.203 e. The van der Waals surface area contributed by atoms with E-state index >= 15 is 0 Å². The van der Waals surface area contributed by atoms with E-state index in [-0.39, 0.29) is 0 Å². The lowest BCUT2D eigenvalue weighted by atomic mass is 10.2. The highest BCUT2D eigenvalue weighted by atomic mass is 32.1. The number of benzene rings is 1. The summed E-state index contributed by atoms with van der Waals surface area (Å²) in [6, 6.07) is 11.4. The first-order valence-electron chi connectivity index (χ1n) is 5.58. The van der Waals surface area contributed by atoms with Crippen LogP contribution in [0.2, 0.25) is 0 Å².